The summed E-state index contributed by atoms with van der Waals surface area (Å²) >= 11 is 0. The molecule has 0 aliphatic carbocycles. The third-order valence-corrected chi connectivity index (χ3v) is 3.12. The van der Waals surface area contributed by atoms with Crippen LogP contribution in [0.4, 0.5) is 5.69 Å². The number of nitro groups is 1. The van der Waals surface area contributed by atoms with Crippen LogP contribution in [-0.4, -0.2) is 42.7 Å². The van der Waals surface area contributed by atoms with Gasteiger partial charge >= 0.3 is 0 Å². The third-order valence-electron chi connectivity index (χ3n) is 3.12. The maximum Gasteiger partial charge on any atom is 0.273 e. The van der Waals surface area contributed by atoms with Gasteiger partial charge in [0.1, 0.15) is 12.2 Å². The normalized spacial score (nSPS) is 15.8. The van der Waals surface area contributed by atoms with Crippen LogP contribution in [0, 0.1) is 10.1 Å². The molecule has 0 spiro atoms. The van der Waals surface area contributed by atoms with Crippen molar-refractivity contribution in [1.82, 2.24) is 4.90 Å². The van der Waals surface area contributed by atoms with E-state index in [9.17, 15) is 10.1 Å². The lowest BCUT2D eigenvalue weighted by Crippen LogP contribution is -2.25. The molecule has 0 atom stereocenters. The minimum Gasteiger partial charge on any atom is -0.488 e. The summed E-state index contributed by atoms with van der Waals surface area (Å²) in [5.74, 6) is 1.10. The van der Waals surface area contributed by atoms with Crippen LogP contribution in [-0.2, 0) is 6.42 Å². The van der Waals surface area contributed by atoms with Crippen molar-refractivity contribution in [3.63, 3.8) is 0 Å². The summed E-state index contributed by atoms with van der Waals surface area (Å²) in [5, 5.41) is 11.0. The lowest BCUT2D eigenvalue weighted by molar-refractivity contribution is -0.385. The fraction of sp³-hybridized carbons (Fsp3) is 0.571. The van der Waals surface area contributed by atoms with Crippen LogP contribution in [0.15, 0.2) is 12.1 Å². The summed E-state index contributed by atoms with van der Waals surface area (Å²) in [5.41, 5.74) is 0.533. The molecule has 1 heterocycles. The number of fused-ring (bicyclic) bond motifs is 1. The number of hydrogen-bond donors (Lipinski definition) is 0. The van der Waals surface area contributed by atoms with Gasteiger partial charge in [-0.05, 0) is 27.9 Å². The first-order valence-electron chi connectivity index (χ1n) is 6.56. The molecular weight excluding hydrogens is 260 g/mol. The average Bonchev–Trinajstić information content (AvgIpc) is 2.62. The minimum absolute atomic E-state index is 0.0462. The summed E-state index contributed by atoms with van der Waals surface area (Å²) in [7, 11) is 3.89. The molecule has 1 aromatic carbocycles. The predicted molar refractivity (Wildman–Crippen MR) is 75.6 cm³/mol. The van der Waals surface area contributed by atoms with Gasteiger partial charge in [0.05, 0.1) is 11.0 Å². The van der Waals surface area contributed by atoms with Gasteiger partial charge in [-0.25, -0.2) is 0 Å². The van der Waals surface area contributed by atoms with Gasteiger partial charge < -0.3 is 14.4 Å². The first-order chi connectivity index (χ1) is 9.28. The smallest absolute Gasteiger partial charge is 0.273 e. The molecule has 0 saturated heterocycles. The average molecular weight is 280 g/mol. The van der Waals surface area contributed by atoms with Crippen molar-refractivity contribution < 1.29 is 14.4 Å². The predicted octanol–water partition coefficient (Wildman–Crippen LogP) is 2.25. The molecule has 0 fully saturated rings. The van der Waals surface area contributed by atoms with Crippen molar-refractivity contribution >= 4 is 5.69 Å². The van der Waals surface area contributed by atoms with E-state index in [-0.39, 0.29) is 11.3 Å². The Labute approximate surface area is 118 Å². The monoisotopic (exact) mass is 280 g/mol. The maximum absolute atomic E-state index is 11.0. The fourth-order valence-corrected chi connectivity index (χ4v) is 2.21. The third kappa shape index (κ3) is 3.19. The Morgan fingerprint density at radius 1 is 1.45 bits per heavy atom. The Kier molecular flexibility index (Phi) is 3.85. The van der Waals surface area contributed by atoms with E-state index in [0.29, 0.717) is 24.5 Å². The maximum atomic E-state index is 11.0. The van der Waals surface area contributed by atoms with Crippen molar-refractivity contribution in [3.8, 4) is 11.5 Å². The second kappa shape index (κ2) is 5.28. The number of ether oxygens (including phenoxy) is 2. The van der Waals surface area contributed by atoms with E-state index in [1.165, 1.54) is 6.07 Å². The molecular formula is C14H20N2O4. The number of rotatable bonds is 5. The summed E-state index contributed by atoms with van der Waals surface area (Å²) < 4.78 is 11.5. The number of hydrogen-bond acceptors (Lipinski definition) is 5. The summed E-state index contributed by atoms with van der Waals surface area (Å²) in [6, 6.07) is 3.01. The summed E-state index contributed by atoms with van der Waals surface area (Å²) in [6.07, 6.45) is 0.647. The molecule has 0 radical (unpaired) electrons. The zero-order chi connectivity index (χ0) is 14.9. The molecule has 0 amide bonds. The van der Waals surface area contributed by atoms with E-state index in [0.717, 1.165) is 12.1 Å². The SMILES string of the molecule is CN(C)CCOc1cc([N+](=O)[O-])cc2c1OC(C)(C)C2. The van der Waals surface area contributed by atoms with Crippen LogP contribution < -0.4 is 9.47 Å². The summed E-state index contributed by atoms with van der Waals surface area (Å²) in [6.45, 7) is 5.12. The lowest BCUT2D eigenvalue weighted by atomic mass is 10.0. The molecule has 1 aliphatic rings. The zero-order valence-corrected chi connectivity index (χ0v) is 12.3. The molecule has 0 aromatic heterocycles. The highest BCUT2D eigenvalue weighted by Crippen LogP contribution is 2.44. The molecule has 110 valence electrons. The lowest BCUT2D eigenvalue weighted by Gasteiger charge is -2.18. The molecule has 0 saturated carbocycles. The van der Waals surface area contributed by atoms with Crippen molar-refractivity contribution in [2.75, 3.05) is 27.2 Å². The standard InChI is InChI=1S/C14H20N2O4/c1-14(2)9-10-7-11(16(17)18)8-12(13(10)20-14)19-6-5-15(3)4/h7-8H,5-6,9H2,1-4H3. The molecule has 20 heavy (non-hydrogen) atoms. The zero-order valence-electron chi connectivity index (χ0n) is 12.3. The second-order valence-electron chi connectivity index (χ2n) is 5.88. The quantitative estimate of drug-likeness (QED) is 0.611. The van der Waals surface area contributed by atoms with Gasteiger partial charge in [0.2, 0.25) is 0 Å². The van der Waals surface area contributed by atoms with Gasteiger partial charge in [-0.3, -0.25) is 10.1 Å². The number of non-ortho nitro benzene ring substituents is 1. The molecule has 0 N–H and O–H groups in total. The van der Waals surface area contributed by atoms with Gasteiger partial charge in [0.25, 0.3) is 5.69 Å². The van der Waals surface area contributed by atoms with Crippen LogP contribution in [0.3, 0.4) is 0 Å². The van der Waals surface area contributed by atoms with Crippen molar-refractivity contribution in [2.24, 2.45) is 0 Å². The first kappa shape index (κ1) is 14.6. The largest absolute Gasteiger partial charge is 0.488 e. The molecule has 6 heteroatoms. The highest BCUT2D eigenvalue weighted by molar-refractivity contribution is 5.56. The molecule has 2 rings (SSSR count). The van der Waals surface area contributed by atoms with Crippen LogP contribution in [0.2, 0.25) is 0 Å². The van der Waals surface area contributed by atoms with E-state index in [1.54, 1.807) is 6.07 Å². The van der Waals surface area contributed by atoms with Crippen molar-refractivity contribution in [1.29, 1.82) is 0 Å². The minimum atomic E-state index is -0.398. The van der Waals surface area contributed by atoms with Crippen LogP contribution in [0.1, 0.15) is 19.4 Å². The fourth-order valence-electron chi connectivity index (χ4n) is 2.21. The van der Waals surface area contributed by atoms with E-state index >= 15 is 0 Å². The molecule has 1 aliphatic heterocycles. The van der Waals surface area contributed by atoms with Crippen LogP contribution in [0.5, 0.6) is 11.5 Å². The Hall–Kier alpha value is -1.82. The number of nitrogens with zero attached hydrogens (tertiary/aromatic N) is 2. The summed E-state index contributed by atoms with van der Waals surface area (Å²) in [4.78, 5) is 12.6. The first-order valence-corrected chi connectivity index (χ1v) is 6.56. The Bertz CT molecular complexity index is 526. The number of likely N-dealkylation sites (N-methyl/N-ethyl adjacent to an activating group) is 1. The highest BCUT2D eigenvalue weighted by atomic mass is 16.6. The van der Waals surface area contributed by atoms with Gasteiger partial charge in [0, 0.05) is 24.6 Å². The van der Waals surface area contributed by atoms with Crippen LogP contribution >= 0.6 is 0 Å². The van der Waals surface area contributed by atoms with Gasteiger partial charge in [0.15, 0.2) is 11.5 Å². The molecule has 6 nitrogen and oxygen atoms in total. The number of benzene rings is 1. The van der Waals surface area contributed by atoms with Crippen molar-refractivity contribution in [2.45, 2.75) is 25.9 Å². The Morgan fingerprint density at radius 2 is 2.15 bits per heavy atom. The Balaban J connectivity index is 2.28. The Morgan fingerprint density at radius 3 is 2.75 bits per heavy atom. The van der Waals surface area contributed by atoms with Gasteiger partial charge in [-0.2, -0.15) is 0 Å². The van der Waals surface area contributed by atoms with E-state index in [4.69, 9.17) is 9.47 Å². The van der Waals surface area contributed by atoms with Gasteiger partial charge in [-0.1, -0.05) is 0 Å². The second-order valence-corrected chi connectivity index (χ2v) is 5.88. The molecule has 0 unspecified atom stereocenters. The number of nitro benzene ring substituents is 1. The van der Waals surface area contributed by atoms with E-state index in [2.05, 4.69) is 0 Å². The van der Waals surface area contributed by atoms with E-state index in [1.807, 2.05) is 32.8 Å². The molecule has 0 bridgehead atoms. The molecule has 1 aromatic rings. The van der Waals surface area contributed by atoms with E-state index < -0.39 is 4.92 Å². The van der Waals surface area contributed by atoms with Crippen LogP contribution in [0.25, 0.3) is 0 Å². The van der Waals surface area contributed by atoms with Gasteiger partial charge in [-0.15, -0.1) is 0 Å². The van der Waals surface area contributed by atoms with Crippen molar-refractivity contribution in [3.05, 3.63) is 27.8 Å². The topological polar surface area (TPSA) is 64.8 Å². The highest BCUT2D eigenvalue weighted by Gasteiger charge is 2.34.